The molecule has 8 heteroatoms. The zero-order valence-electron chi connectivity index (χ0n) is 14.2. The second kappa shape index (κ2) is 7.05. The fraction of sp³-hybridized carbons (Fsp3) is 0.316. The number of hydrogen-bond donors (Lipinski definition) is 1. The Kier molecular flexibility index (Phi) is 4.74. The van der Waals surface area contributed by atoms with Crippen LogP contribution in [-0.2, 0) is 12.7 Å². The minimum absolute atomic E-state index is 0.0380. The summed E-state index contributed by atoms with van der Waals surface area (Å²) >= 11 is 5.69. The predicted molar refractivity (Wildman–Crippen MR) is 95.9 cm³/mol. The highest BCUT2D eigenvalue weighted by Crippen LogP contribution is 2.39. The molecule has 1 aliphatic carbocycles. The van der Waals surface area contributed by atoms with Gasteiger partial charge < -0.3 is 14.5 Å². The summed E-state index contributed by atoms with van der Waals surface area (Å²) in [6.45, 7) is 0.646. The van der Waals surface area contributed by atoms with Crippen LogP contribution in [0.4, 0.5) is 13.2 Å². The van der Waals surface area contributed by atoms with E-state index in [1.165, 1.54) is 12.1 Å². The third kappa shape index (κ3) is 3.89. The largest absolute Gasteiger partial charge is 0.490 e. The van der Waals surface area contributed by atoms with Crippen molar-refractivity contribution in [3.63, 3.8) is 0 Å². The topological polar surface area (TPSA) is 38.6 Å². The Balaban J connectivity index is 1.34. The van der Waals surface area contributed by atoms with Crippen molar-refractivity contribution in [1.29, 1.82) is 0 Å². The fourth-order valence-corrected chi connectivity index (χ4v) is 3.41. The van der Waals surface area contributed by atoms with Crippen LogP contribution in [-0.4, -0.2) is 21.5 Å². The Morgan fingerprint density at radius 3 is 2.81 bits per heavy atom. The van der Waals surface area contributed by atoms with Crippen molar-refractivity contribution < 1.29 is 17.9 Å². The molecule has 1 N–H and O–H groups in total. The first kappa shape index (κ1) is 18.1. The molecule has 0 aliphatic heterocycles. The summed E-state index contributed by atoms with van der Waals surface area (Å²) in [5, 5.41) is 3.45. The van der Waals surface area contributed by atoms with E-state index in [1.807, 2.05) is 28.9 Å². The first-order valence-electron chi connectivity index (χ1n) is 8.57. The number of imidazole rings is 1. The minimum atomic E-state index is -4.50. The summed E-state index contributed by atoms with van der Waals surface area (Å²) in [5.41, 5.74) is 1.13. The Hall–Kier alpha value is -2.25. The molecule has 1 saturated carbocycles. The molecule has 0 atom stereocenters. The zero-order valence-corrected chi connectivity index (χ0v) is 15.0. The fourth-order valence-electron chi connectivity index (χ4n) is 3.24. The number of ether oxygens (including phenoxy) is 1. The Labute approximate surface area is 158 Å². The van der Waals surface area contributed by atoms with Crippen molar-refractivity contribution in [1.82, 2.24) is 14.7 Å². The molecule has 0 bridgehead atoms. The maximum atomic E-state index is 13.1. The van der Waals surface area contributed by atoms with Gasteiger partial charge in [-0.05, 0) is 37.1 Å². The molecule has 4 nitrogen and oxygen atoms in total. The van der Waals surface area contributed by atoms with Crippen LogP contribution in [0.2, 0.25) is 5.02 Å². The number of alkyl halides is 3. The van der Waals surface area contributed by atoms with Gasteiger partial charge in [-0.2, -0.15) is 13.2 Å². The second-order valence-electron chi connectivity index (χ2n) is 6.62. The number of rotatable bonds is 5. The van der Waals surface area contributed by atoms with Crippen LogP contribution in [0.1, 0.15) is 24.0 Å². The summed E-state index contributed by atoms with van der Waals surface area (Å²) in [5.74, 6) is -0.169. The van der Waals surface area contributed by atoms with Crippen molar-refractivity contribution in [3.05, 3.63) is 65.1 Å². The van der Waals surface area contributed by atoms with Crippen LogP contribution in [0.25, 0.3) is 5.65 Å². The van der Waals surface area contributed by atoms with Gasteiger partial charge in [0.15, 0.2) is 0 Å². The van der Waals surface area contributed by atoms with E-state index in [4.69, 9.17) is 16.3 Å². The quantitative estimate of drug-likeness (QED) is 0.680. The van der Waals surface area contributed by atoms with Crippen molar-refractivity contribution in [3.8, 4) is 5.75 Å². The lowest BCUT2D eigenvalue weighted by atomic mass is 9.89. The van der Waals surface area contributed by atoms with Crippen LogP contribution < -0.4 is 10.1 Å². The van der Waals surface area contributed by atoms with Crippen molar-refractivity contribution >= 4 is 17.2 Å². The monoisotopic (exact) mass is 395 g/mol. The predicted octanol–water partition coefficient (Wildman–Crippen LogP) is 4.71. The van der Waals surface area contributed by atoms with Gasteiger partial charge in [0.2, 0.25) is 0 Å². The van der Waals surface area contributed by atoms with E-state index in [9.17, 15) is 13.2 Å². The maximum absolute atomic E-state index is 13.1. The molecule has 2 heterocycles. The van der Waals surface area contributed by atoms with Crippen LogP contribution in [0.3, 0.4) is 0 Å². The van der Waals surface area contributed by atoms with Crippen molar-refractivity contribution in [2.75, 3.05) is 0 Å². The molecule has 0 radical (unpaired) electrons. The number of pyridine rings is 1. The molecule has 1 fully saturated rings. The molecule has 2 aromatic heterocycles. The van der Waals surface area contributed by atoms with Crippen molar-refractivity contribution in [2.24, 2.45) is 0 Å². The maximum Gasteiger partial charge on any atom is 0.420 e. The molecule has 3 aromatic rings. The smallest absolute Gasteiger partial charge is 0.420 e. The lowest BCUT2D eigenvalue weighted by molar-refractivity contribution is -0.139. The van der Waals surface area contributed by atoms with Gasteiger partial charge in [-0.3, -0.25) is 0 Å². The number of fused-ring (bicyclic) bond motifs is 1. The highest BCUT2D eigenvalue weighted by molar-refractivity contribution is 6.30. The van der Waals surface area contributed by atoms with E-state index < -0.39 is 11.7 Å². The van der Waals surface area contributed by atoms with Gasteiger partial charge in [-0.1, -0.05) is 17.7 Å². The molecule has 0 amide bonds. The zero-order chi connectivity index (χ0) is 19.0. The van der Waals surface area contributed by atoms with Gasteiger partial charge in [0.1, 0.15) is 17.5 Å². The SMILES string of the molecule is FC(F)(F)c1cc(Cl)ccc1O[C@H]1C[C@H](NCc2cccn3ccnc23)C1. The third-order valence-corrected chi connectivity index (χ3v) is 4.95. The number of benzene rings is 1. The van der Waals surface area contributed by atoms with Crippen LogP contribution >= 0.6 is 11.6 Å². The summed E-state index contributed by atoms with van der Waals surface area (Å²) < 4.78 is 46.9. The summed E-state index contributed by atoms with van der Waals surface area (Å²) in [7, 11) is 0. The lowest BCUT2D eigenvalue weighted by Gasteiger charge is -2.36. The average molecular weight is 396 g/mol. The number of nitrogens with zero attached hydrogens (tertiary/aromatic N) is 2. The van der Waals surface area contributed by atoms with Gasteiger partial charge in [0, 0.05) is 41.8 Å². The molecular weight excluding hydrogens is 379 g/mol. The van der Waals surface area contributed by atoms with Crippen LogP contribution in [0.5, 0.6) is 5.75 Å². The average Bonchev–Trinajstić information content (AvgIpc) is 3.06. The van der Waals surface area contributed by atoms with E-state index in [-0.39, 0.29) is 22.9 Å². The third-order valence-electron chi connectivity index (χ3n) is 4.72. The number of halogens is 4. The molecule has 27 heavy (non-hydrogen) atoms. The molecule has 4 rings (SSSR count). The molecule has 1 aromatic carbocycles. The van der Waals surface area contributed by atoms with E-state index in [2.05, 4.69) is 10.3 Å². The summed E-state index contributed by atoms with van der Waals surface area (Å²) in [6, 6.07) is 7.75. The normalized spacial score (nSPS) is 19.9. The molecule has 0 saturated heterocycles. The Bertz CT molecular complexity index is 951. The lowest BCUT2D eigenvalue weighted by Crippen LogP contribution is -2.46. The van der Waals surface area contributed by atoms with Crippen molar-refractivity contribution in [2.45, 2.75) is 37.7 Å². The van der Waals surface area contributed by atoms with Gasteiger partial charge in [-0.25, -0.2) is 4.98 Å². The summed E-state index contributed by atoms with van der Waals surface area (Å²) in [4.78, 5) is 4.33. The molecule has 0 spiro atoms. The van der Waals surface area contributed by atoms with Crippen LogP contribution in [0.15, 0.2) is 48.9 Å². The van der Waals surface area contributed by atoms with Crippen LogP contribution in [0, 0.1) is 0 Å². The highest BCUT2D eigenvalue weighted by Gasteiger charge is 2.37. The standard InChI is InChI=1S/C19H17ClF3N3O/c20-13-3-4-17(16(8-13)19(21,22)23)27-15-9-14(10-15)25-11-12-2-1-6-26-7-5-24-18(12)26/h1-8,14-15,25H,9-11H2/t14-,15-. The van der Waals surface area contributed by atoms with Gasteiger partial charge >= 0.3 is 6.18 Å². The Morgan fingerprint density at radius 2 is 2.04 bits per heavy atom. The minimum Gasteiger partial charge on any atom is -0.490 e. The van der Waals surface area contributed by atoms with Gasteiger partial charge in [0.25, 0.3) is 0 Å². The number of nitrogens with one attached hydrogen (secondary N) is 1. The Morgan fingerprint density at radius 1 is 1.22 bits per heavy atom. The molecule has 0 unspecified atom stereocenters. The number of hydrogen-bond acceptors (Lipinski definition) is 3. The van der Waals surface area contributed by atoms with E-state index in [1.54, 1.807) is 6.20 Å². The molecular formula is C19H17ClF3N3O. The number of aromatic nitrogens is 2. The van der Waals surface area contributed by atoms with E-state index in [0.717, 1.165) is 17.3 Å². The van der Waals surface area contributed by atoms with E-state index in [0.29, 0.717) is 19.4 Å². The first-order chi connectivity index (χ1) is 12.9. The van der Waals surface area contributed by atoms with E-state index >= 15 is 0 Å². The summed E-state index contributed by atoms with van der Waals surface area (Å²) in [6.07, 6.45) is 2.13. The molecule has 142 valence electrons. The van der Waals surface area contributed by atoms with Gasteiger partial charge in [-0.15, -0.1) is 0 Å². The highest BCUT2D eigenvalue weighted by atomic mass is 35.5. The molecule has 1 aliphatic rings. The van der Waals surface area contributed by atoms with Gasteiger partial charge in [0.05, 0.1) is 5.56 Å². The first-order valence-corrected chi connectivity index (χ1v) is 8.95. The second-order valence-corrected chi connectivity index (χ2v) is 7.06.